The number of benzene rings is 1. The van der Waals surface area contributed by atoms with Crippen LogP contribution in [0.3, 0.4) is 0 Å². The Morgan fingerprint density at radius 2 is 2.00 bits per heavy atom. The monoisotopic (exact) mass is 423 g/mol. The average molecular weight is 423 g/mol. The van der Waals surface area contributed by atoms with Crippen LogP contribution < -0.4 is 10.2 Å². The second kappa shape index (κ2) is 8.02. The van der Waals surface area contributed by atoms with Gasteiger partial charge in [0.15, 0.2) is 0 Å². The molecule has 0 aliphatic carbocycles. The minimum absolute atomic E-state index is 0.0840. The highest BCUT2D eigenvalue weighted by Gasteiger charge is 2.33. The molecule has 0 saturated heterocycles. The smallest absolute Gasteiger partial charge is 0.416 e. The van der Waals surface area contributed by atoms with Crippen molar-refractivity contribution in [3.8, 4) is 0 Å². The Labute approximate surface area is 172 Å². The number of halogens is 3. The van der Waals surface area contributed by atoms with Crippen LogP contribution >= 0.6 is 0 Å². The molecule has 1 N–H and O–H groups in total. The Hall–Kier alpha value is -3.01. The third kappa shape index (κ3) is 4.93. The molecule has 2 amide bonds. The van der Waals surface area contributed by atoms with E-state index in [2.05, 4.69) is 10.3 Å². The Balaban J connectivity index is 1.65. The van der Waals surface area contributed by atoms with Crippen LogP contribution in [0.5, 0.6) is 0 Å². The van der Waals surface area contributed by atoms with Crippen LogP contribution in [0.1, 0.15) is 31.1 Å². The first-order valence-electron chi connectivity index (χ1n) is 9.26. The number of nitrogens with zero attached hydrogens (tertiary/aromatic N) is 4. The van der Waals surface area contributed by atoms with Crippen molar-refractivity contribution < 1.29 is 22.4 Å². The molecule has 7 nitrogen and oxygen atoms in total. The van der Waals surface area contributed by atoms with Crippen molar-refractivity contribution in [3.05, 3.63) is 60.1 Å². The Morgan fingerprint density at radius 1 is 1.27 bits per heavy atom. The van der Waals surface area contributed by atoms with E-state index < -0.39 is 23.3 Å². The highest BCUT2D eigenvalue weighted by molar-refractivity contribution is 5.77. The molecule has 3 rings (SSSR count). The fraction of sp³-hybridized carbons (Fsp3) is 0.400. The number of oxazole rings is 1. The minimum Gasteiger partial charge on any atom is -0.442 e. The van der Waals surface area contributed by atoms with Crippen molar-refractivity contribution in [2.45, 2.75) is 32.1 Å². The van der Waals surface area contributed by atoms with E-state index in [4.69, 9.17) is 4.42 Å². The van der Waals surface area contributed by atoms with E-state index in [1.165, 1.54) is 17.2 Å². The molecule has 162 valence electrons. The number of hydrogen-bond acceptors (Lipinski definition) is 5. The van der Waals surface area contributed by atoms with Gasteiger partial charge in [0.1, 0.15) is 18.0 Å². The zero-order valence-corrected chi connectivity index (χ0v) is 17.2. The van der Waals surface area contributed by atoms with Gasteiger partial charge in [0, 0.05) is 18.1 Å². The lowest BCUT2D eigenvalue weighted by Gasteiger charge is -2.27. The predicted octanol–water partition coefficient (Wildman–Crippen LogP) is 3.95. The summed E-state index contributed by atoms with van der Waals surface area (Å²) >= 11 is 0. The lowest BCUT2D eigenvalue weighted by Crippen LogP contribution is -2.47. The zero-order chi connectivity index (χ0) is 22.1. The maximum absolute atomic E-state index is 12.9. The average Bonchev–Trinajstić information content (AvgIpc) is 3.30. The van der Waals surface area contributed by atoms with Gasteiger partial charge < -0.3 is 19.5 Å². The summed E-state index contributed by atoms with van der Waals surface area (Å²) in [6.07, 6.45) is 0.261. The molecular formula is C20H24F3N5O2. The number of nitrogens with one attached hydrogen (secondary N) is 1. The first kappa shape index (κ1) is 21.7. The van der Waals surface area contributed by atoms with E-state index in [-0.39, 0.29) is 6.67 Å². The van der Waals surface area contributed by atoms with Gasteiger partial charge in [-0.3, -0.25) is 4.90 Å². The number of urea groups is 1. The molecule has 30 heavy (non-hydrogen) atoms. The summed E-state index contributed by atoms with van der Waals surface area (Å²) in [7, 11) is 3.82. The number of aromatic nitrogens is 1. The number of amides is 2. The van der Waals surface area contributed by atoms with E-state index >= 15 is 0 Å². The van der Waals surface area contributed by atoms with Crippen LogP contribution in [-0.2, 0) is 18.3 Å². The molecule has 0 radical (unpaired) electrons. The van der Waals surface area contributed by atoms with E-state index in [9.17, 15) is 18.0 Å². The molecule has 2 aromatic rings. The van der Waals surface area contributed by atoms with Crippen LogP contribution in [0, 0.1) is 0 Å². The highest BCUT2D eigenvalue weighted by Crippen LogP contribution is 2.32. The molecule has 1 aromatic heterocycles. The molecule has 0 saturated carbocycles. The molecule has 0 spiro atoms. The largest absolute Gasteiger partial charge is 0.442 e. The fourth-order valence-corrected chi connectivity index (χ4v) is 2.95. The van der Waals surface area contributed by atoms with Crippen molar-refractivity contribution in [2.75, 3.05) is 25.7 Å². The van der Waals surface area contributed by atoms with Gasteiger partial charge in [-0.25, -0.2) is 9.78 Å². The predicted molar refractivity (Wildman–Crippen MR) is 105 cm³/mol. The van der Waals surface area contributed by atoms with Gasteiger partial charge in [-0.1, -0.05) is 6.07 Å². The SMILES string of the molecule is CN(C)Cc1cnc(C(C)(C)NC(=O)N2C=CN(c3cccc(C(F)(F)F)c3)C2)o1. The molecule has 1 aliphatic heterocycles. The fourth-order valence-electron chi connectivity index (χ4n) is 2.95. The molecule has 0 atom stereocenters. The third-order valence-electron chi connectivity index (χ3n) is 4.48. The van der Waals surface area contributed by atoms with Crippen molar-refractivity contribution >= 4 is 11.7 Å². The van der Waals surface area contributed by atoms with Gasteiger partial charge >= 0.3 is 12.2 Å². The minimum atomic E-state index is -4.43. The van der Waals surface area contributed by atoms with Gasteiger partial charge in [-0.2, -0.15) is 13.2 Å². The van der Waals surface area contributed by atoms with Crippen LogP contribution in [0.4, 0.5) is 23.7 Å². The standard InChI is InChI=1S/C20H24F3N5O2/c1-19(2,17-24-11-16(30-17)12-26(3)4)25-18(29)28-9-8-27(13-28)15-7-5-6-14(10-15)20(21,22)23/h5-11H,12-13H2,1-4H3,(H,25,29). The summed E-state index contributed by atoms with van der Waals surface area (Å²) in [5.74, 6) is 1.04. The highest BCUT2D eigenvalue weighted by atomic mass is 19.4. The Bertz CT molecular complexity index is 937. The molecule has 0 unspecified atom stereocenters. The van der Waals surface area contributed by atoms with Crippen LogP contribution in [-0.4, -0.2) is 41.6 Å². The second-order valence-corrected chi connectivity index (χ2v) is 7.85. The lowest BCUT2D eigenvalue weighted by molar-refractivity contribution is -0.137. The van der Waals surface area contributed by atoms with E-state index in [1.807, 2.05) is 19.0 Å². The van der Waals surface area contributed by atoms with Crippen LogP contribution in [0.25, 0.3) is 0 Å². The normalized spacial score (nSPS) is 14.7. The Kier molecular flexibility index (Phi) is 5.80. The lowest BCUT2D eigenvalue weighted by atomic mass is 10.1. The van der Waals surface area contributed by atoms with Crippen molar-refractivity contribution in [1.82, 2.24) is 20.1 Å². The summed E-state index contributed by atoms with van der Waals surface area (Å²) in [5, 5.41) is 2.85. The van der Waals surface area contributed by atoms with Crippen molar-refractivity contribution in [2.24, 2.45) is 0 Å². The first-order chi connectivity index (χ1) is 14.0. The molecule has 2 heterocycles. The van der Waals surface area contributed by atoms with Gasteiger partial charge in [0.05, 0.1) is 18.3 Å². The molecule has 1 aromatic carbocycles. The van der Waals surface area contributed by atoms with Gasteiger partial charge in [-0.15, -0.1) is 0 Å². The van der Waals surface area contributed by atoms with Crippen LogP contribution in [0.15, 0.2) is 47.3 Å². The molecular weight excluding hydrogens is 399 g/mol. The van der Waals surface area contributed by atoms with Crippen LogP contribution in [0.2, 0.25) is 0 Å². The molecule has 0 bridgehead atoms. The Morgan fingerprint density at radius 3 is 2.67 bits per heavy atom. The number of carbonyl (C=O) groups is 1. The first-order valence-corrected chi connectivity index (χ1v) is 9.26. The second-order valence-electron chi connectivity index (χ2n) is 7.85. The number of alkyl halides is 3. The zero-order valence-electron chi connectivity index (χ0n) is 17.2. The number of hydrogen-bond donors (Lipinski definition) is 1. The summed E-state index contributed by atoms with van der Waals surface area (Å²) in [6, 6.07) is 4.54. The summed E-state index contributed by atoms with van der Waals surface area (Å²) in [5.41, 5.74) is -1.27. The van der Waals surface area contributed by atoms with Gasteiger partial charge in [0.2, 0.25) is 5.89 Å². The quantitative estimate of drug-likeness (QED) is 0.789. The van der Waals surface area contributed by atoms with E-state index in [1.54, 1.807) is 37.2 Å². The van der Waals surface area contributed by atoms with Gasteiger partial charge in [-0.05, 0) is 46.1 Å². The third-order valence-corrected chi connectivity index (χ3v) is 4.48. The molecule has 1 aliphatic rings. The summed E-state index contributed by atoms with van der Waals surface area (Å²) in [6.45, 7) is 4.19. The number of rotatable bonds is 5. The topological polar surface area (TPSA) is 64.9 Å². The van der Waals surface area contributed by atoms with Crippen molar-refractivity contribution in [1.29, 1.82) is 0 Å². The summed E-state index contributed by atoms with van der Waals surface area (Å²) < 4.78 is 44.6. The van der Waals surface area contributed by atoms with Crippen molar-refractivity contribution in [3.63, 3.8) is 0 Å². The maximum atomic E-state index is 12.9. The van der Waals surface area contributed by atoms with E-state index in [0.29, 0.717) is 23.9 Å². The number of anilines is 1. The van der Waals surface area contributed by atoms with Gasteiger partial charge in [0.25, 0.3) is 0 Å². The molecule has 10 heteroatoms. The van der Waals surface area contributed by atoms with E-state index in [0.717, 1.165) is 12.1 Å². The summed E-state index contributed by atoms with van der Waals surface area (Å²) in [4.78, 5) is 21.8. The molecule has 0 fully saturated rings. The maximum Gasteiger partial charge on any atom is 0.416 e. The number of carbonyl (C=O) groups excluding carboxylic acids is 1.